The number of rotatable bonds is 2. The Morgan fingerprint density at radius 2 is 2.30 bits per heavy atom. The van der Waals surface area contributed by atoms with Crippen molar-refractivity contribution in [2.24, 2.45) is 0 Å². The molecule has 4 heteroatoms. The van der Waals surface area contributed by atoms with Gasteiger partial charge in [-0.3, -0.25) is 0 Å². The third-order valence-corrected chi connectivity index (χ3v) is 1.89. The van der Waals surface area contributed by atoms with Crippen LogP contribution < -0.4 is 0 Å². The number of aryl methyl sites for hydroxylation is 1. The van der Waals surface area contributed by atoms with Gasteiger partial charge in [0.2, 0.25) is 0 Å². The number of halogens is 2. The quantitative estimate of drug-likeness (QED) is 0.653. The standard InChI is InChI=1S/C6H7Cl2NO/c1-2-4-6(8)5(3-7)10-9-4/h2-3H2,1H3. The summed E-state index contributed by atoms with van der Waals surface area (Å²) in [6.07, 6.45) is 0.777. The van der Waals surface area contributed by atoms with Crippen molar-refractivity contribution < 1.29 is 4.52 Å². The SMILES string of the molecule is CCc1noc(CCl)c1Cl. The summed E-state index contributed by atoms with van der Waals surface area (Å²) in [5, 5.41) is 4.28. The highest BCUT2D eigenvalue weighted by Gasteiger charge is 2.10. The largest absolute Gasteiger partial charge is 0.358 e. The second kappa shape index (κ2) is 3.26. The summed E-state index contributed by atoms with van der Waals surface area (Å²) in [7, 11) is 0. The first-order valence-corrected chi connectivity index (χ1v) is 3.89. The van der Waals surface area contributed by atoms with Crippen LogP contribution >= 0.6 is 23.2 Å². The fraction of sp³-hybridized carbons (Fsp3) is 0.500. The Morgan fingerprint density at radius 3 is 2.60 bits per heavy atom. The van der Waals surface area contributed by atoms with Gasteiger partial charge in [0.15, 0.2) is 5.76 Å². The minimum atomic E-state index is 0.284. The van der Waals surface area contributed by atoms with Crippen LogP contribution in [0.4, 0.5) is 0 Å². The van der Waals surface area contributed by atoms with Crippen LogP contribution in [-0.4, -0.2) is 5.16 Å². The molecule has 0 fully saturated rings. The van der Waals surface area contributed by atoms with E-state index in [0.29, 0.717) is 10.8 Å². The van der Waals surface area contributed by atoms with Gasteiger partial charge in [-0.05, 0) is 6.42 Å². The summed E-state index contributed by atoms with van der Waals surface area (Å²) >= 11 is 11.3. The molecule has 1 rings (SSSR count). The molecule has 2 nitrogen and oxygen atoms in total. The Labute approximate surface area is 69.1 Å². The number of hydrogen-bond donors (Lipinski definition) is 0. The van der Waals surface area contributed by atoms with Crippen molar-refractivity contribution in [3.8, 4) is 0 Å². The summed E-state index contributed by atoms with van der Waals surface area (Å²) in [4.78, 5) is 0. The third kappa shape index (κ3) is 1.27. The Bertz CT molecular complexity index is 200. The summed E-state index contributed by atoms with van der Waals surface area (Å²) in [5.41, 5.74) is 0.775. The Kier molecular flexibility index (Phi) is 2.57. The maximum atomic E-state index is 5.78. The van der Waals surface area contributed by atoms with Crippen LogP contribution in [0.25, 0.3) is 0 Å². The number of alkyl halides is 1. The molecule has 0 N–H and O–H groups in total. The van der Waals surface area contributed by atoms with E-state index in [1.165, 1.54) is 0 Å². The molecule has 56 valence electrons. The molecule has 0 atom stereocenters. The smallest absolute Gasteiger partial charge is 0.170 e. The van der Waals surface area contributed by atoms with Crippen LogP contribution in [0.2, 0.25) is 5.02 Å². The molecule has 0 aliphatic carbocycles. The Balaban J connectivity index is 2.97. The van der Waals surface area contributed by atoms with E-state index in [2.05, 4.69) is 5.16 Å². The summed E-state index contributed by atoms with van der Waals surface area (Å²) in [5.74, 6) is 0.839. The molecule has 0 spiro atoms. The van der Waals surface area contributed by atoms with E-state index >= 15 is 0 Å². The van der Waals surface area contributed by atoms with E-state index in [1.54, 1.807) is 0 Å². The fourth-order valence-corrected chi connectivity index (χ4v) is 1.17. The molecule has 0 amide bonds. The van der Waals surface area contributed by atoms with Crippen LogP contribution in [0.1, 0.15) is 18.4 Å². The van der Waals surface area contributed by atoms with Gasteiger partial charge >= 0.3 is 0 Å². The van der Waals surface area contributed by atoms with Crippen molar-refractivity contribution in [3.05, 3.63) is 16.5 Å². The molecule has 0 bridgehead atoms. The Hall–Kier alpha value is -0.210. The summed E-state index contributed by atoms with van der Waals surface area (Å²) < 4.78 is 4.82. The first-order chi connectivity index (χ1) is 4.79. The van der Waals surface area contributed by atoms with Gasteiger partial charge in [-0.25, -0.2) is 0 Å². The van der Waals surface area contributed by atoms with E-state index in [-0.39, 0.29) is 5.88 Å². The van der Waals surface area contributed by atoms with Crippen molar-refractivity contribution in [1.29, 1.82) is 0 Å². The van der Waals surface area contributed by atoms with Gasteiger partial charge in [0.25, 0.3) is 0 Å². The van der Waals surface area contributed by atoms with Gasteiger partial charge in [0.05, 0.1) is 5.88 Å². The van der Waals surface area contributed by atoms with E-state index in [1.807, 2.05) is 6.92 Å². The molecule has 0 saturated heterocycles. The van der Waals surface area contributed by atoms with Gasteiger partial charge in [0, 0.05) is 0 Å². The molecule has 0 aliphatic rings. The van der Waals surface area contributed by atoms with Crippen molar-refractivity contribution in [3.63, 3.8) is 0 Å². The molecule has 0 unspecified atom stereocenters. The maximum absolute atomic E-state index is 5.78. The molecule has 1 heterocycles. The highest BCUT2D eigenvalue weighted by atomic mass is 35.5. The van der Waals surface area contributed by atoms with Crippen LogP contribution in [0, 0.1) is 0 Å². The second-order valence-corrected chi connectivity index (χ2v) is 2.50. The van der Waals surface area contributed by atoms with E-state index in [9.17, 15) is 0 Å². The van der Waals surface area contributed by atoms with E-state index in [4.69, 9.17) is 27.7 Å². The zero-order valence-corrected chi connectivity index (χ0v) is 7.04. The molecule has 0 saturated carbocycles. The van der Waals surface area contributed by atoms with Crippen LogP contribution in [-0.2, 0) is 12.3 Å². The predicted molar refractivity (Wildman–Crippen MR) is 40.4 cm³/mol. The summed E-state index contributed by atoms with van der Waals surface area (Å²) in [6, 6.07) is 0. The van der Waals surface area contributed by atoms with Crippen molar-refractivity contribution in [1.82, 2.24) is 5.16 Å². The molecule has 10 heavy (non-hydrogen) atoms. The van der Waals surface area contributed by atoms with Gasteiger partial charge in [-0.1, -0.05) is 23.7 Å². The monoisotopic (exact) mass is 179 g/mol. The lowest BCUT2D eigenvalue weighted by atomic mass is 10.3. The highest BCUT2D eigenvalue weighted by Crippen LogP contribution is 2.22. The molecular formula is C6H7Cl2NO. The number of hydrogen-bond acceptors (Lipinski definition) is 2. The number of nitrogens with zero attached hydrogens (tertiary/aromatic N) is 1. The van der Waals surface area contributed by atoms with Crippen molar-refractivity contribution >= 4 is 23.2 Å². The summed E-state index contributed by atoms with van der Waals surface area (Å²) in [6.45, 7) is 1.96. The molecule has 0 radical (unpaired) electrons. The average molecular weight is 180 g/mol. The topological polar surface area (TPSA) is 26.0 Å². The van der Waals surface area contributed by atoms with Gasteiger partial charge < -0.3 is 4.52 Å². The van der Waals surface area contributed by atoms with Crippen LogP contribution in [0.5, 0.6) is 0 Å². The minimum absolute atomic E-state index is 0.284. The van der Waals surface area contributed by atoms with Crippen LogP contribution in [0.3, 0.4) is 0 Å². The molecule has 0 aromatic carbocycles. The Morgan fingerprint density at radius 1 is 1.60 bits per heavy atom. The lowest BCUT2D eigenvalue weighted by molar-refractivity contribution is 0.388. The predicted octanol–water partition coefficient (Wildman–Crippen LogP) is 2.63. The first-order valence-electron chi connectivity index (χ1n) is 2.98. The maximum Gasteiger partial charge on any atom is 0.170 e. The molecule has 0 aliphatic heterocycles. The minimum Gasteiger partial charge on any atom is -0.358 e. The fourth-order valence-electron chi connectivity index (χ4n) is 0.654. The van der Waals surface area contributed by atoms with Crippen molar-refractivity contribution in [2.45, 2.75) is 19.2 Å². The normalized spacial score (nSPS) is 10.3. The zero-order valence-electron chi connectivity index (χ0n) is 5.53. The zero-order chi connectivity index (χ0) is 7.56. The van der Waals surface area contributed by atoms with E-state index in [0.717, 1.165) is 12.1 Å². The number of aromatic nitrogens is 1. The lowest BCUT2D eigenvalue weighted by Crippen LogP contribution is -1.78. The average Bonchev–Trinajstić information content (AvgIpc) is 2.30. The molecule has 1 aromatic rings. The first kappa shape index (κ1) is 7.89. The van der Waals surface area contributed by atoms with Gasteiger partial charge in [0.1, 0.15) is 10.7 Å². The highest BCUT2D eigenvalue weighted by molar-refractivity contribution is 6.32. The second-order valence-electron chi connectivity index (χ2n) is 1.85. The molecular weight excluding hydrogens is 173 g/mol. The lowest BCUT2D eigenvalue weighted by Gasteiger charge is -1.85. The molecule has 1 aromatic heterocycles. The third-order valence-electron chi connectivity index (χ3n) is 1.22. The van der Waals surface area contributed by atoms with E-state index < -0.39 is 0 Å². The van der Waals surface area contributed by atoms with Crippen molar-refractivity contribution in [2.75, 3.05) is 0 Å². The van der Waals surface area contributed by atoms with Gasteiger partial charge in [-0.15, -0.1) is 11.6 Å². The van der Waals surface area contributed by atoms with Gasteiger partial charge in [-0.2, -0.15) is 0 Å². The van der Waals surface area contributed by atoms with Crippen LogP contribution in [0.15, 0.2) is 4.52 Å².